The number of rotatable bonds is 5. The molecule has 1 saturated carbocycles. The molecule has 3 N–H and O–H groups in total. The summed E-state index contributed by atoms with van der Waals surface area (Å²) in [5, 5.41) is 12.4. The van der Waals surface area contributed by atoms with E-state index in [1.165, 1.54) is 0 Å². The third-order valence-corrected chi connectivity index (χ3v) is 5.11. The molecule has 3 rings (SSSR count). The Morgan fingerprint density at radius 3 is 2.65 bits per heavy atom. The monoisotopic (exact) mass is 319 g/mol. The first-order valence-electron chi connectivity index (χ1n) is 8.38. The smallest absolute Gasteiger partial charge is 0.261 e. The van der Waals surface area contributed by atoms with Crippen LogP contribution >= 0.6 is 0 Å². The molecule has 23 heavy (non-hydrogen) atoms. The molecule has 0 spiro atoms. The maximum absolute atomic E-state index is 12.6. The summed E-state index contributed by atoms with van der Waals surface area (Å²) in [5.74, 6) is 0.112. The number of aliphatic hydroxyl groups is 1. The van der Waals surface area contributed by atoms with E-state index in [2.05, 4.69) is 15.2 Å². The predicted molar refractivity (Wildman–Crippen MR) is 87.7 cm³/mol. The Bertz CT molecular complexity index is 628. The van der Waals surface area contributed by atoms with Crippen molar-refractivity contribution in [3.8, 4) is 0 Å². The molecule has 126 valence electrons. The molecule has 0 radical (unpaired) electrons. The fourth-order valence-corrected chi connectivity index (χ4v) is 3.31. The standard InChI is InChI=1S/C17H25N3O3/c1-20-9-6-17(7-10-20,8-11-21)19-16(23)13-4-5-14(12-2-3-12)18-15(13)22/h4-5,12,21H,2-3,6-11H2,1H3,(H,18,22)(H,19,23). The highest BCUT2D eigenvalue weighted by atomic mass is 16.3. The molecule has 6 nitrogen and oxygen atoms in total. The highest BCUT2D eigenvalue weighted by molar-refractivity contribution is 5.94. The van der Waals surface area contributed by atoms with Crippen molar-refractivity contribution in [2.75, 3.05) is 26.7 Å². The third-order valence-electron chi connectivity index (χ3n) is 5.11. The lowest BCUT2D eigenvalue weighted by atomic mass is 9.84. The van der Waals surface area contributed by atoms with E-state index in [0.29, 0.717) is 12.3 Å². The molecule has 0 bridgehead atoms. The quantitative estimate of drug-likeness (QED) is 0.750. The average molecular weight is 319 g/mol. The van der Waals surface area contributed by atoms with Crippen LogP contribution in [0.1, 0.15) is 54.1 Å². The normalized spacial score (nSPS) is 21.1. The molecule has 6 heteroatoms. The Morgan fingerprint density at radius 1 is 1.39 bits per heavy atom. The molecule has 1 aliphatic heterocycles. The number of amides is 1. The van der Waals surface area contributed by atoms with Crippen molar-refractivity contribution in [3.05, 3.63) is 33.7 Å². The van der Waals surface area contributed by atoms with Gasteiger partial charge in [0.2, 0.25) is 0 Å². The van der Waals surface area contributed by atoms with Crippen LogP contribution in [0.15, 0.2) is 16.9 Å². The second kappa shape index (κ2) is 6.45. The van der Waals surface area contributed by atoms with Crippen LogP contribution in [0.3, 0.4) is 0 Å². The number of nitrogens with one attached hydrogen (secondary N) is 2. The van der Waals surface area contributed by atoms with Crippen LogP contribution in [0.25, 0.3) is 0 Å². The lowest BCUT2D eigenvalue weighted by Gasteiger charge is -2.41. The van der Waals surface area contributed by atoms with E-state index < -0.39 is 5.54 Å². The number of aromatic amines is 1. The number of likely N-dealkylation sites (tertiary alicyclic amines) is 1. The van der Waals surface area contributed by atoms with Crippen LogP contribution in [0.2, 0.25) is 0 Å². The van der Waals surface area contributed by atoms with E-state index in [1.807, 2.05) is 13.1 Å². The van der Waals surface area contributed by atoms with Gasteiger partial charge in [-0.2, -0.15) is 0 Å². The fourth-order valence-electron chi connectivity index (χ4n) is 3.31. The van der Waals surface area contributed by atoms with Gasteiger partial charge in [-0.15, -0.1) is 0 Å². The summed E-state index contributed by atoms with van der Waals surface area (Å²) in [6, 6.07) is 3.48. The molecule has 1 aromatic heterocycles. The van der Waals surface area contributed by atoms with Gasteiger partial charge in [-0.05, 0) is 57.2 Å². The summed E-state index contributed by atoms with van der Waals surface area (Å²) in [7, 11) is 2.05. The lowest BCUT2D eigenvalue weighted by molar-refractivity contribution is 0.0777. The molecular formula is C17H25N3O3. The minimum atomic E-state index is -0.417. The molecule has 2 aliphatic rings. The van der Waals surface area contributed by atoms with Crippen molar-refractivity contribution < 1.29 is 9.90 Å². The molecule has 1 aromatic rings. The topological polar surface area (TPSA) is 85.4 Å². The molecule has 2 heterocycles. The van der Waals surface area contributed by atoms with Crippen molar-refractivity contribution in [3.63, 3.8) is 0 Å². The van der Waals surface area contributed by atoms with Crippen molar-refractivity contribution >= 4 is 5.91 Å². The van der Waals surface area contributed by atoms with E-state index in [9.17, 15) is 14.7 Å². The van der Waals surface area contributed by atoms with Gasteiger partial charge >= 0.3 is 0 Å². The largest absolute Gasteiger partial charge is 0.396 e. The number of hydrogen-bond donors (Lipinski definition) is 3. The number of carbonyl (C=O) groups excluding carboxylic acids is 1. The summed E-state index contributed by atoms with van der Waals surface area (Å²) in [6.07, 6.45) is 4.30. The number of aromatic nitrogens is 1. The van der Waals surface area contributed by atoms with Gasteiger partial charge in [0, 0.05) is 30.9 Å². The summed E-state index contributed by atoms with van der Waals surface area (Å²) in [4.78, 5) is 29.8. The van der Waals surface area contributed by atoms with E-state index in [-0.39, 0.29) is 23.6 Å². The third kappa shape index (κ3) is 3.64. The van der Waals surface area contributed by atoms with Crippen LogP contribution < -0.4 is 10.9 Å². The Hall–Kier alpha value is -1.66. The van der Waals surface area contributed by atoms with Gasteiger partial charge in [0.25, 0.3) is 11.5 Å². The maximum Gasteiger partial charge on any atom is 0.261 e. The molecule has 0 unspecified atom stereocenters. The Morgan fingerprint density at radius 2 is 2.09 bits per heavy atom. The molecule has 0 aromatic carbocycles. The van der Waals surface area contributed by atoms with Crippen LogP contribution in [-0.2, 0) is 0 Å². The second-order valence-corrected chi connectivity index (χ2v) is 6.94. The van der Waals surface area contributed by atoms with Crippen molar-refractivity contribution in [2.24, 2.45) is 0 Å². The van der Waals surface area contributed by atoms with Gasteiger partial charge in [0.1, 0.15) is 5.56 Å². The second-order valence-electron chi connectivity index (χ2n) is 6.94. The van der Waals surface area contributed by atoms with Gasteiger partial charge in [-0.25, -0.2) is 0 Å². The molecule has 1 saturated heterocycles. The highest BCUT2D eigenvalue weighted by Gasteiger charge is 2.35. The summed E-state index contributed by atoms with van der Waals surface area (Å²) >= 11 is 0. The van der Waals surface area contributed by atoms with Crippen LogP contribution in [0.4, 0.5) is 0 Å². The number of nitrogens with zero attached hydrogens (tertiary/aromatic N) is 1. The molecule has 0 atom stereocenters. The Labute approximate surface area is 135 Å². The van der Waals surface area contributed by atoms with Crippen molar-refractivity contribution in [2.45, 2.75) is 43.6 Å². The number of pyridine rings is 1. The molecule has 1 amide bonds. The zero-order valence-corrected chi connectivity index (χ0v) is 13.6. The van der Waals surface area contributed by atoms with Crippen LogP contribution in [0, 0.1) is 0 Å². The average Bonchev–Trinajstić information content (AvgIpc) is 3.35. The van der Waals surface area contributed by atoms with Crippen molar-refractivity contribution in [1.29, 1.82) is 0 Å². The number of H-pyrrole nitrogens is 1. The zero-order chi connectivity index (χ0) is 16.4. The van der Waals surface area contributed by atoms with Gasteiger partial charge in [-0.1, -0.05) is 0 Å². The predicted octanol–water partition coefficient (Wildman–Crippen LogP) is 0.829. The highest BCUT2D eigenvalue weighted by Crippen LogP contribution is 2.38. The number of hydrogen-bond acceptors (Lipinski definition) is 4. The zero-order valence-electron chi connectivity index (χ0n) is 13.6. The van der Waals surface area contributed by atoms with E-state index in [0.717, 1.165) is 44.5 Å². The minimum absolute atomic E-state index is 0.0287. The SMILES string of the molecule is CN1CCC(CCO)(NC(=O)c2ccc(C3CC3)[nH]c2=O)CC1. The van der Waals surface area contributed by atoms with Crippen molar-refractivity contribution in [1.82, 2.24) is 15.2 Å². The first-order chi connectivity index (χ1) is 11.0. The minimum Gasteiger partial charge on any atom is -0.396 e. The van der Waals surface area contributed by atoms with Crippen LogP contribution in [0.5, 0.6) is 0 Å². The van der Waals surface area contributed by atoms with E-state index >= 15 is 0 Å². The molecule has 1 aliphatic carbocycles. The number of carbonyl (C=O) groups is 1. The van der Waals surface area contributed by atoms with E-state index in [4.69, 9.17) is 0 Å². The van der Waals surface area contributed by atoms with Gasteiger partial charge < -0.3 is 20.3 Å². The van der Waals surface area contributed by atoms with Crippen LogP contribution in [-0.4, -0.2) is 53.2 Å². The summed E-state index contributed by atoms with van der Waals surface area (Å²) < 4.78 is 0. The number of aliphatic hydroxyl groups excluding tert-OH is 1. The van der Waals surface area contributed by atoms with Gasteiger partial charge in [-0.3, -0.25) is 9.59 Å². The first-order valence-corrected chi connectivity index (χ1v) is 8.38. The number of piperidine rings is 1. The summed E-state index contributed by atoms with van der Waals surface area (Å²) in [6.45, 7) is 1.77. The summed E-state index contributed by atoms with van der Waals surface area (Å²) in [5.41, 5.74) is 0.348. The van der Waals surface area contributed by atoms with Gasteiger partial charge in [0.15, 0.2) is 0 Å². The van der Waals surface area contributed by atoms with E-state index in [1.54, 1.807) is 6.07 Å². The lowest BCUT2D eigenvalue weighted by Crippen LogP contribution is -2.55. The molecular weight excluding hydrogens is 294 g/mol. The first kappa shape index (κ1) is 16.2. The Kier molecular flexibility index (Phi) is 4.55. The molecule has 2 fully saturated rings. The maximum atomic E-state index is 12.6. The van der Waals surface area contributed by atoms with Gasteiger partial charge in [0.05, 0.1) is 0 Å². The Balaban J connectivity index is 1.75. The fraction of sp³-hybridized carbons (Fsp3) is 0.647.